The molecule has 0 aliphatic carbocycles. The van der Waals surface area contributed by atoms with Crippen LogP contribution in [0.25, 0.3) is 11.4 Å². The molecule has 21 heavy (non-hydrogen) atoms. The van der Waals surface area contributed by atoms with E-state index < -0.39 is 5.82 Å². The molecule has 0 amide bonds. The van der Waals surface area contributed by atoms with E-state index in [1.54, 1.807) is 6.07 Å². The minimum atomic E-state index is -0.466. The Morgan fingerprint density at radius 2 is 2.10 bits per heavy atom. The van der Waals surface area contributed by atoms with Crippen molar-refractivity contribution in [1.82, 2.24) is 15.5 Å². The van der Waals surface area contributed by atoms with Crippen LogP contribution < -0.4 is 5.32 Å². The number of halogens is 2. The van der Waals surface area contributed by atoms with Crippen molar-refractivity contribution in [2.24, 2.45) is 5.41 Å². The van der Waals surface area contributed by atoms with Gasteiger partial charge in [-0.25, -0.2) is 4.39 Å². The fourth-order valence-corrected chi connectivity index (χ4v) is 2.29. The number of nitrogens with one attached hydrogen (secondary N) is 1. The normalized spacial score (nSPS) is 13.4. The quantitative estimate of drug-likeness (QED) is 0.935. The number of nitrogens with zero attached hydrogens (tertiary/aromatic N) is 2. The zero-order valence-electron chi connectivity index (χ0n) is 12.6. The predicted molar refractivity (Wildman–Crippen MR) is 80.7 cm³/mol. The Hall–Kier alpha value is -1.46. The van der Waals surface area contributed by atoms with Crippen molar-refractivity contribution >= 4 is 11.6 Å². The first kappa shape index (κ1) is 15.9. The van der Waals surface area contributed by atoms with E-state index in [2.05, 4.69) is 36.2 Å². The third-order valence-corrected chi connectivity index (χ3v) is 3.71. The highest BCUT2D eigenvalue weighted by Gasteiger charge is 2.25. The van der Waals surface area contributed by atoms with Crippen molar-refractivity contribution in [2.75, 3.05) is 7.05 Å². The van der Waals surface area contributed by atoms with Crippen LogP contribution in [0.3, 0.4) is 0 Å². The van der Waals surface area contributed by atoms with Crippen LogP contribution in [-0.2, 0) is 6.42 Å². The smallest absolute Gasteiger partial charge is 0.228 e. The summed E-state index contributed by atoms with van der Waals surface area (Å²) in [4.78, 5) is 4.35. The van der Waals surface area contributed by atoms with Crippen molar-refractivity contribution in [1.29, 1.82) is 0 Å². The van der Waals surface area contributed by atoms with E-state index in [1.165, 1.54) is 12.1 Å². The summed E-state index contributed by atoms with van der Waals surface area (Å²) in [5, 5.41) is 7.23. The fourth-order valence-electron chi connectivity index (χ4n) is 2.11. The summed E-state index contributed by atoms with van der Waals surface area (Å²) in [6, 6.07) is 4.57. The van der Waals surface area contributed by atoms with Crippen LogP contribution in [0.15, 0.2) is 22.7 Å². The van der Waals surface area contributed by atoms with Crippen LogP contribution >= 0.6 is 11.6 Å². The standard InChI is InChI=1S/C15H19ClFN3O/c1-15(2,3)12(18-4)8-13-19-14(20-21-13)9-5-6-11(17)10(16)7-9/h5-7,12,18H,8H2,1-4H3. The van der Waals surface area contributed by atoms with Crippen LogP contribution in [0.1, 0.15) is 26.7 Å². The molecule has 1 atom stereocenters. The van der Waals surface area contributed by atoms with Crippen molar-refractivity contribution in [3.05, 3.63) is 34.9 Å². The predicted octanol–water partition coefficient (Wildman–Crippen LogP) is 3.71. The second kappa shape index (κ2) is 6.12. The number of aromatic nitrogens is 2. The number of benzene rings is 1. The number of likely N-dealkylation sites (N-methyl/N-ethyl adjacent to an activating group) is 1. The minimum Gasteiger partial charge on any atom is -0.339 e. The topological polar surface area (TPSA) is 51.0 Å². The van der Waals surface area contributed by atoms with E-state index in [0.29, 0.717) is 23.7 Å². The summed E-state index contributed by atoms with van der Waals surface area (Å²) in [7, 11) is 1.91. The lowest BCUT2D eigenvalue weighted by molar-refractivity contribution is 0.255. The van der Waals surface area contributed by atoms with Gasteiger partial charge in [0.2, 0.25) is 11.7 Å². The maximum atomic E-state index is 13.2. The van der Waals surface area contributed by atoms with Crippen LogP contribution in [0.4, 0.5) is 4.39 Å². The highest BCUT2D eigenvalue weighted by atomic mass is 35.5. The Morgan fingerprint density at radius 1 is 1.38 bits per heavy atom. The molecule has 2 rings (SSSR count). The van der Waals surface area contributed by atoms with Gasteiger partial charge in [-0.2, -0.15) is 4.98 Å². The van der Waals surface area contributed by atoms with Gasteiger partial charge >= 0.3 is 0 Å². The van der Waals surface area contributed by atoms with E-state index >= 15 is 0 Å². The fraction of sp³-hybridized carbons (Fsp3) is 0.467. The molecule has 114 valence electrons. The van der Waals surface area contributed by atoms with Gasteiger partial charge in [0.1, 0.15) is 5.82 Å². The van der Waals surface area contributed by atoms with Crippen molar-refractivity contribution < 1.29 is 8.91 Å². The summed E-state index contributed by atoms with van der Waals surface area (Å²) in [6.45, 7) is 6.43. The third kappa shape index (κ3) is 3.80. The molecule has 0 fully saturated rings. The molecule has 2 aromatic rings. The summed E-state index contributed by atoms with van der Waals surface area (Å²) in [6.07, 6.45) is 0.627. The zero-order valence-corrected chi connectivity index (χ0v) is 13.3. The molecule has 1 aromatic heterocycles. The van der Waals surface area contributed by atoms with Gasteiger partial charge in [-0.1, -0.05) is 37.5 Å². The first-order valence-corrected chi connectivity index (χ1v) is 7.14. The van der Waals surface area contributed by atoms with Gasteiger partial charge in [0.25, 0.3) is 0 Å². The second-order valence-corrected chi connectivity index (χ2v) is 6.46. The highest BCUT2D eigenvalue weighted by molar-refractivity contribution is 6.31. The summed E-state index contributed by atoms with van der Waals surface area (Å²) < 4.78 is 18.4. The molecule has 1 unspecified atom stereocenters. The average molecular weight is 312 g/mol. The molecular formula is C15H19ClFN3O. The lowest BCUT2D eigenvalue weighted by Gasteiger charge is -2.29. The van der Waals surface area contributed by atoms with Crippen molar-refractivity contribution in [2.45, 2.75) is 33.2 Å². The molecule has 0 spiro atoms. The summed E-state index contributed by atoms with van der Waals surface area (Å²) in [5.41, 5.74) is 0.705. The van der Waals surface area contributed by atoms with Gasteiger partial charge in [0, 0.05) is 18.0 Å². The number of hydrogen-bond donors (Lipinski definition) is 1. The SMILES string of the molecule is CNC(Cc1nc(-c2ccc(F)c(Cl)c2)no1)C(C)(C)C. The molecular weight excluding hydrogens is 293 g/mol. The van der Waals surface area contributed by atoms with Gasteiger partial charge in [0.05, 0.1) is 5.02 Å². The average Bonchev–Trinajstić information content (AvgIpc) is 2.86. The maximum absolute atomic E-state index is 13.2. The van der Waals surface area contributed by atoms with E-state index in [9.17, 15) is 4.39 Å². The summed E-state index contributed by atoms with van der Waals surface area (Å²) in [5.74, 6) is 0.488. The van der Waals surface area contributed by atoms with E-state index in [1.807, 2.05) is 7.05 Å². The van der Waals surface area contributed by atoms with Crippen LogP contribution in [-0.4, -0.2) is 23.2 Å². The van der Waals surface area contributed by atoms with E-state index in [4.69, 9.17) is 16.1 Å². The van der Waals surface area contributed by atoms with Crippen LogP contribution in [0.5, 0.6) is 0 Å². The first-order chi connectivity index (χ1) is 9.81. The largest absolute Gasteiger partial charge is 0.339 e. The van der Waals surface area contributed by atoms with Gasteiger partial charge in [-0.15, -0.1) is 0 Å². The highest BCUT2D eigenvalue weighted by Crippen LogP contribution is 2.25. The molecule has 0 bridgehead atoms. The lowest BCUT2D eigenvalue weighted by atomic mass is 9.85. The maximum Gasteiger partial charge on any atom is 0.228 e. The zero-order chi connectivity index (χ0) is 15.6. The monoisotopic (exact) mass is 311 g/mol. The Kier molecular flexibility index (Phi) is 4.64. The third-order valence-electron chi connectivity index (χ3n) is 3.42. The number of hydrogen-bond acceptors (Lipinski definition) is 4. The Labute approximate surface area is 128 Å². The summed E-state index contributed by atoms with van der Waals surface area (Å²) >= 11 is 5.77. The molecule has 0 radical (unpaired) electrons. The van der Waals surface area contributed by atoms with Crippen molar-refractivity contribution in [3.8, 4) is 11.4 Å². The molecule has 0 aliphatic heterocycles. The molecule has 1 aromatic carbocycles. The van der Waals surface area contributed by atoms with Gasteiger partial charge in [-0.3, -0.25) is 0 Å². The van der Waals surface area contributed by atoms with Crippen LogP contribution in [0.2, 0.25) is 5.02 Å². The minimum absolute atomic E-state index is 0.0432. The van der Waals surface area contributed by atoms with Crippen molar-refractivity contribution in [3.63, 3.8) is 0 Å². The van der Waals surface area contributed by atoms with Gasteiger partial charge in [0.15, 0.2) is 0 Å². The Balaban J connectivity index is 2.19. The van der Waals surface area contributed by atoms with Gasteiger partial charge < -0.3 is 9.84 Å². The molecule has 4 nitrogen and oxygen atoms in total. The molecule has 0 saturated heterocycles. The molecule has 1 heterocycles. The van der Waals surface area contributed by atoms with E-state index in [-0.39, 0.29) is 16.5 Å². The lowest BCUT2D eigenvalue weighted by Crippen LogP contribution is -2.39. The molecule has 1 N–H and O–H groups in total. The molecule has 0 saturated carbocycles. The Morgan fingerprint density at radius 3 is 2.67 bits per heavy atom. The van der Waals surface area contributed by atoms with E-state index in [0.717, 1.165) is 0 Å². The van der Waals surface area contributed by atoms with Gasteiger partial charge in [-0.05, 0) is 30.7 Å². The van der Waals surface area contributed by atoms with Crippen LogP contribution in [0, 0.1) is 11.2 Å². The Bertz CT molecular complexity index is 622. The number of rotatable bonds is 4. The first-order valence-electron chi connectivity index (χ1n) is 6.76. The molecule has 6 heteroatoms. The second-order valence-electron chi connectivity index (χ2n) is 6.05. The molecule has 0 aliphatic rings.